The molecule has 0 saturated carbocycles. The number of nitrogens with zero attached hydrogens (tertiary/aromatic N) is 1. The maximum atomic E-state index is 9.88. The molecule has 1 aliphatic rings. The minimum absolute atomic E-state index is 0.0367. The maximum absolute atomic E-state index is 9.88. The molecule has 1 aliphatic heterocycles. The quantitative estimate of drug-likeness (QED) is 0.682. The molecule has 0 saturated heterocycles. The summed E-state index contributed by atoms with van der Waals surface area (Å²) in [6.45, 7) is 0. The fourth-order valence-electron chi connectivity index (χ4n) is 3.29. The third kappa shape index (κ3) is 2.37. The van der Waals surface area contributed by atoms with Crippen LogP contribution in [0.15, 0.2) is 66.1 Å². The Kier molecular flexibility index (Phi) is 3.52. The second kappa shape index (κ2) is 5.73. The molecule has 3 aromatic carbocycles. The van der Waals surface area contributed by atoms with E-state index in [9.17, 15) is 10.4 Å². The van der Waals surface area contributed by atoms with E-state index >= 15 is 0 Å². The van der Waals surface area contributed by atoms with Crippen LogP contribution in [0.2, 0.25) is 5.02 Å². The summed E-state index contributed by atoms with van der Waals surface area (Å²) in [7, 11) is 0. The Morgan fingerprint density at radius 2 is 1.84 bits per heavy atom. The second-order valence-electron chi connectivity index (χ2n) is 5.83. The molecule has 0 unspecified atom stereocenters. The van der Waals surface area contributed by atoms with Gasteiger partial charge in [-0.15, -0.1) is 0 Å². The van der Waals surface area contributed by atoms with E-state index < -0.39 is 5.92 Å². The Bertz CT molecular complexity index is 1080. The molecule has 4 rings (SSSR count). The van der Waals surface area contributed by atoms with Crippen LogP contribution in [-0.4, -0.2) is 5.11 Å². The van der Waals surface area contributed by atoms with Crippen molar-refractivity contribution in [2.45, 2.75) is 5.92 Å². The van der Waals surface area contributed by atoms with E-state index in [0.717, 1.165) is 16.3 Å². The van der Waals surface area contributed by atoms with Gasteiger partial charge < -0.3 is 15.6 Å². The van der Waals surface area contributed by atoms with Crippen LogP contribution in [0.1, 0.15) is 17.0 Å². The van der Waals surface area contributed by atoms with Gasteiger partial charge in [-0.25, -0.2) is 0 Å². The van der Waals surface area contributed by atoms with Gasteiger partial charge in [0.1, 0.15) is 23.1 Å². The second-order valence-corrected chi connectivity index (χ2v) is 6.24. The van der Waals surface area contributed by atoms with Gasteiger partial charge in [-0.1, -0.05) is 54.1 Å². The number of phenolic OH excluding ortho intramolecular Hbond substituents is 1. The monoisotopic (exact) mass is 348 g/mol. The molecule has 4 nitrogen and oxygen atoms in total. The van der Waals surface area contributed by atoms with Crippen molar-refractivity contribution in [2.75, 3.05) is 0 Å². The van der Waals surface area contributed by atoms with Crippen LogP contribution in [0.4, 0.5) is 0 Å². The Morgan fingerprint density at radius 3 is 2.64 bits per heavy atom. The van der Waals surface area contributed by atoms with Gasteiger partial charge in [0.15, 0.2) is 0 Å². The van der Waals surface area contributed by atoms with Gasteiger partial charge in [-0.05, 0) is 22.4 Å². The Hall–Kier alpha value is -3.16. The molecular formula is C20H13ClN2O2. The first-order valence-electron chi connectivity index (χ1n) is 7.68. The average Bonchev–Trinajstić information content (AvgIpc) is 2.62. The first-order chi connectivity index (χ1) is 12.1. The molecule has 1 atom stereocenters. The van der Waals surface area contributed by atoms with Crippen molar-refractivity contribution in [3.63, 3.8) is 0 Å². The van der Waals surface area contributed by atoms with Crippen LogP contribution in [0.25, 0.3) is 10.8 Å². The van der Waals surface area contributed by atoms with E-state index in [2.05, 4.69) is 6.07 Å². The minimum atomic E-state index is -0.419. The van der Waals surface area contributed by atoms with Crippen LogP contribution < -0.4 is 10.5 Å². The van der Waals surface area contributed by atoms with Gasteiger partial charge >= 0.3 is 0 Å². The van der Waals surface area contributed by atoms with Crippen LogP contribution in [0.3, 0.4) is 0 Å². The van der Waals surface area contributed by atoms with Crippen molar-refractivity contribution in [2.24, 2.45) is 5.73 Å². The van der Waals surface area contributed by atoms with E-state index in [1.165, 1.54) is 6.07 Å². The van der Waals surface area contributed by atoms with E-state index in [-0.39, 0.29) is 16.7 Å². The smallest absolute Gasteiger partial charge is 0.205 e. The number of phenols is 1. The van der Waals surface area contributed by atoms with Gasteiger partial charge in [0, 0.05) is 11.6 Å². The molecule has 0 radical (unpaired) electrons. The van der Waals surface area contributed by atoms with Crippen LogP contribution >= 0.6 is 11.6 Å². The SMILES string of the molecule is N#CC1=C(N)Oc2cc(O)c(Cl)cc2[C@@H]1c1cccc2ccccc12. The number of hydrogen-bond donors (Lipinski definition) is 2. The summed E-state index contributed by atoms with van der Waals surface area (Å²) >= 11 is 6.11. The Labute approximate surface area is 149 Å². The molecule has 0 aliphatic carbocycles. The molecule has 122 valence electrons. The van der Waals surface area contributed by atoms with E-state index in [1.807, 2.05) is 42.5 Å². The number of allylic oxidation sites excluding steroid dienone is 1. The molecule has 25 heavy (non-hydrogen) atoms. The first-order valence-corrected chi connectivity index (χ1v) is 8.05. The van der Waals surface area contributed by atoms with Gasteiger partial charge in [0.25, 0.3) is 0 Å². The number of rotatable bonds is 1. The zero-order valence-electron chi connectivity index (χ0n) is 13.0. The Balaban J connectivity index is 2.05. The topological polar surface area (TPSA) is 79.3 Å². The minimum Gasteiger partial charge on any atom is -0.506 e. The number of halogens is 1. The third-order valence-electron chi connectivity index (χ3n) is 4.42. The lowest BCUT2D eigenvalue weighted by molar-refractivity contribution is 0.388. The van der Waals surface area contributed by atoms with Crippen molar-refractivity contribution in [3.8, 4) is 17.6 Å². The lowest BCUT2D eigenvalue weighted by Gasteiger charge is -2.27. The van der Waals surface area contributed by atoms with Crippen molar-refractivity contribution < 1.29 is 9.84 Å². The Morgan fingerprint density at radius 1 is 1.08 bits per heavy atom. The van der Waals surface area contributed by atoms with Crippen molar-refractivity contribution in [3.05, 3.63) is 82.2 Å². The predicted octanol–water partition coefficient (Wildman–Crippen LogP) is 4.42. The summed E-state index contributed by atoms with van der Waals surface area (Å²) in [6, 6.07) is 19.1. The number of aromatic hydroxyl groups is 1. The highest BCUT2D eigenvalue weighted by molar-refractivity contribution is 6.32. The van der Waals surface area contributed by atoms with Gasteiger partial charge in [0.05, 0.1) is 10.9 Å². The predicted molar refractivity (Wildman–Crippen MR) is 96.4 cm³/mol. The maximum Gasteiger partial charge on any atom is 0.205 e. The number of nitriles is 1. The molecule has 0 amide bonds. The van der Waals surface area contributed by atoms with E-state index in [0.29, 0.717) is 16.9 Å². The van der Waals surface area contributed by atoms with E-state index in [1.54, 1.807) is 6.07 Å². The number of nitrogens with two attached hydrogens (primary N) is 1. The fraction of sp³-hybridized carbons (Fsp3) is 0.0500. The number of benzene rings is 3. The highest BCUT2D eigenvalue weighted by Gasteiger charge is 2.32. The summed E-state index contributed by atoms with van der Waals surface area (Å²) < 4.78 is 5.55. The normalized spacial score (nSPS) is 16.2. The van der Waals surface area contributed by atoms with Gasteiger partial charge in [-0.2, -0.15) is 5.26 Å². The highest BCUT2D eigenvalue weighted by atomic mass is 35.5. The summed E-state index contributed by atoms with van der Waals surface area (Å²) in [5.74, 6) is -0.0748. The molecule has 1 heterocycles. The standard InChI is InChI=1S/C20H13ClN2O2/c21-16-8-14-18(9-17(16)24)25-20(23)15(10-22)19(14)13-7-3-5-11-4-1-2-6-12(11)13/h1-9,19,24H,23H2/t19-/m0/s1. The summed E-state index contributed by atoms with van der Waals surface area (Å²) in [6.07, 6.45) is 0. The lowest BCUT2D eigenvalue weighted by atomic mass is 9.81. The molecular weight excluding hydrogens is 336 g/mol. The molecule has 5 heteroatoms. The van der Waals surface area contributed by atoms with Gasteiger partial charge in [0.2, 0.25) is 5.88 Å². The molecule has 3 aromatic rings. The summed E-state index contributed by atoms with van der Waals surface area (Å²) in [5, 5.41) is 21.8. The molecule has 0 spiro atoms. The number of ether oxygens (including phenoxy) is 1. The van der Waals surface area contributed by atoms with Crippen LogP contribution in [-0.2, 0) is 0 Å². The molecule has 3 N–H and O–H groups in total. The van der Waals surface area contributed by atoms with Crippen molar-refractivity contribution >= 4 is 22.4 Å². The number of hydrogen-bond acceptors (Lipinski definition) is 4. The van der Waals surface area contributed by atoms with Crippen LogP contribution in [0, 0.1) is 11.3 Å². The van der Waals surface area contributed by atoms with Crippen LogP contribution in [0.5, 0.6) is 11.5 Å². The third-order valence-corrected chi connectivity index (χ3v) is 4.72. The largest absolute Gasteiger partial charge is 0.506 e. The first kappa shape index (κ1) is 15.4. The zero-order chi connectivity index (χ0) is 17.6. The zero-order valence-corrected chi connectivity index (χ0v) is 13.8. The fourth-order valence-corrected chi connectivity index (χ4v) is 3.46. The molecule has 0 aromatic heterocycles. The molecule has 0 fully saturated rings. The summed E-state index contributed by atoms with van der Waals surface area (Å²) in [5.41, 5.74) is 7.94. The van der Waals surface area contributed by atoms with Crippen molar-refractivity contribution in [1.82, 2.24) is 0 Å². The lowest BCUT2D eigenvalue weighted by Crippen LogP contribution is -2.21. The highest BCUT2D eigenvalue weighted by Crippen LogP contribution is 2.46. The average molecular weight is 349 g/mol. The summed E-state index contributed by atoms with van der Waals surface area (Å²) in [4.78, 5) is 0. The molecule has 0 bridgehead atoms. The van der Waals surface area contributed by atoms with Crippen molar-refractivity contribution in [1.29, 1.82) is 5.26 Å². The van der Waals surface area contributed by atoms with E-state index in [4.69, 9.17) is 22.1 Å². The number of fused-ring (bicyclic) bond motifs is 2. The van der Waals surface area contributed by atoms with Gasteiger partial charge in [-0.3, -0.25) is 0 Å².